The van der Waals surface area contributed by atoms with Crippen molar-refractivity contribution in [2.75, 3.05) is 6.54 Å². The molecule has 2 aromatic carbocycles. The lowest BCUT2D eigenvalue weighted by Crippen LogP contribution is -2.40. The van der Waals surface area contributed by atoms with Crippen LogP contribution in [-0.4, -0.2) is 23.1 Å². The number of aliphatic hydroxyl groups excluding tert-OH is 1. The Kier molecular flexibility index (Phi) is 4.39. The topological polar surface area (TPSA) is 32.7 Å². The molecule has 3 rings (SSSR count). The zero-order valence-corrected chi connectivity index (χ0v) is 12.3. The number of hydrogen-bond acceptors (Lipinski definition) is 3. The van der Waals surface area contributed by atoms with Crippen LogP contribution in [0.15, 0.2) is 48.5 Å². The molecule has 0 aliphatic carbocycles. The van der Waals surface area contributed by atoms with Crippen LogP contribution in [0.1, 0.15) is 28.3 Å². The fourth-order valence-corrected chi connectivity index (χ4v) is 3.04. The molecule has 122 valence electrons. The van der Waals surface area contributed by atoms with Gasteiger partial charge < -0.3 is 5.11 Å². The second-order valence-electron chi connectivity index (χ2n) is 5.39. The van der Waals surface area contributed by atoms with Crippen LogP contribution < -0.4 is 0 Å². The first-order chi connectivity index (χ1) is 11.0. The van der Waals surface area contributed by atoms with E-state index in [-0.39, 0.29) is 13.2 Å². The Morgan fingerprint density at radius 3 is 2.39 bits per heavy atom. The minimum absolute atomic E-state index is 0.126. The Labute approximate surface area is 131 Å². The van der Waals surface area contributed by atoms with Gasteiger partial charge >= 0.3 is 6.36 Å². The van der Waals surface area contributed by atoms with Crippen molar-refractivity contribution in [3.8, 4) is 0 Å². The van der Waals surface area contributed by atoms with E-state index in [1.54, 1.807) is 36.4 Å². The molecule has 0 fully saturated rings. The highest BCUT2D eigenvalue weighted by atomic mass is 19.4. The SMILES string of the molecule is OCc1ccccc1C1c2ccccc2CCN1OC(F)(F)F. The maximum Gasteiger partial charge on any atom is 0.539 e. The lowest BCUT2D eigenvalue weighted by Gasteiger charge is -2.37. The van der Waals surface area contributed by atoms with E-state index >= 15 is 0 Å². The van der Waals surface area contributed by atoms with Crippen molar-refractivity contribution >= 4 is 0 Å². The average molecular weight is 323 g/mol. The number of alkyl halides is 3. The molecule has 0 saturated carbocycles. The highest BCUT2D eigenvalue weighted by Crippen LogP contribution is 2.38. The second kappa shape index (κ2) is 6.31. The van der Waals surface area contributed by atoms with E-state index in [0.717, 1.165) is 16.2 Å². The minimum atomic E-state index is -4.75. The largest absolute Gasteiger partial charge is 0.539 e. The van der Waals surface area contributed by atoms with Crippen molar-refractivity contribution in [3.05, 3.63) is 70.8 Å². The zero-order valence-electron chi connectivity index (χ0n) is 12.3. The molecule has 6 heteroatoms. The molecule has 3 nitrogen and oxygen atoms in total. The Balaban J connectivity index is 2.09. The first kappa shape index (κ1) is 16.0. The molecule has 0 aromatic heterocycles. The van der Waals surface area contributed by atoms with Gasteiger partial charge in [0.2, 0.25) is 0 Å². The summed E-state index contributed by atoms with van der Waals surface area (Å²) in [5, 5.41) is 10.5. The Hall–Kier alpha value is -1.89. The number of fused-ring (bicyclic) bond motifs is 1. The van der Waals surface area contributed by atoms with Gasteiger partial charge in [-0.1, -0.05) is 48.5 Å². The van der Waals surface area contributed by atoms with Crippen LogP contribution in [0.5, 0.6) is 0 Å². The molecule has 0 saturated heterocycles. The standard InChI is InChI=1S/C17H16F3NO2/c18-17(19,20)23-21-10-9-12-5-1-3-7-14(12)16(21)15-8-4-2-6-13(15)11-22/h1-8,16,22H,9-11H2. The molecule has 1 heterocycles. The number of benzene rings is 2. The zero-order chi connectivity index (χ0) is 16.4. The van der Waals surface area contributed by atoms with Gasteiger partial charge in [0.25, 0.3) is 0 Å². The summed E-state index contributed by atoms with van der Waals surface area (Å²) in [7, 11) is 0. The van der Waals surface area contributed by atoms with Crippen LogP contribution >= 0.6 is 0 Å². The van der Waals surface area contributed by atoms with E-state index in [2.05, 4.69) is 4.84 Å². The van der Waals surface area contributed by atoms with Gasteiger partial charge in [0.1, 0.15) is 0 Å². The molecule has 1 unspecified atom stereocenters. The number of hydrogen-bond donors (Lipinski definition) is 1. The molecule has 1 aliphatic rings. The van der Waals surface area contributed by atoms with Crippen molar-refractivity contribution < 1.29 is 23.1 Å². The van der Waals surface area contributed by atoms with Crippen LogP contribution in [0.25, 0.3) is 0 Å². The summed E-state index contributed by atoms with van der Waals surface area (Å²) in [6.45, 7) is -0.115. The van der Waals surface area contributed by atoms with Gasteiger partial charge in [-0.2, -0.15) is 9.90 Å². The van der Waals surface area contributed by atoms with Crippen LogP contribution in [0, 0.1) is 0 Å². The monoisotopic (exact) mass is 323 g/mol. The smallest absolute Gasteiger partial charge is 0.392 e. The van der Waals surface area contributed by atoms with Crippen molar-refractivity contribution in [1.29, 1.82) is 0 Å². The highest BCUT2D eigenvalue weighted by molar-refractivity contribution is 5.42. The molecule has 1 aliphatic heterocycles. The minimum Gasteiger partial charge on any atom is -0.392 e. The van der Waals surface area contributed by atoms with Gasteiger partial charge in [-0.3, -0.25) is 0 Å². The quantitative estimate of drug-likeness (QED) is 0.937. The second-order valence-corrected chi connectivity index (χ2v) is 5.39. The molecule has 2 aromatic rings. The van der Waals surface area contributed by atoms with Crippen LogP contribution in [0.2, 0.25) is 0 Å². The molecule has 23 heavy (non-hydrogen) atoms. The fourth-order valence-electron chi connectivity index (χ4n) is 3.04. The van der Waals surface area contributed by atoms with Crippen LogP contribution in [0.4, 0.5) is 13.2 Å². The molecular weight excluding hydrogens is 307 g/mol. The van der Waals surface area contributed by atoms with Gasteiger partial charge in [0.05, 0.1) is 12.6 Å². The highest BCUT2D eigenvalue weighted by Gasteiger charge is 2.39. The van der Waals surface area contributed by atoms with Gasteiger partial charge in [-0.05, 0) is 28.7 Å². The normalized spacial score (nSPS) is 18.7. The summed E-state index contributed by atoms with van der Waals surface area (Å²) >= 11 is 0. The Morgan fingerprint density at radius 2 is 1.70 bits per heavy atom. The summed E-state index contributed by atoms with van der Waals surface area (Å²) in [5.74, 6) is 0. The van der Waals surface area contributed by atoms with Crippen LogP contribution in [0.3, 0.4) is 0 Å². The summed E-state index contributed by atoms with van der Waals surface area (Å²) in [6.07, 6.45) is -4.28. The lowest BCUT2D eigenvalue weighted by atomic mass is 9.87. The molecule has 1 atom stereocenters. The van der Waals surface area contributed by atoms with E-state index in [0.29, 0.717) is 17.5 Å². The number of hydroxylamine groups is 2. The first-order valence-corrected chi connectivity index (χ1v) is 7.28. The van der Waals surface area contributed by atoms with E-state index in [1.165, 1.54) is 0 Å². The number of halogens is 3. The van der Waals surface area contributed by atoms with Gasteiger partial charge in [0, 0.05) is 6.54 Å². The fraction of sp³-hybridized carbons (Fsp3) is 0.294. The van der Waals surface area contributed by atoms with Crippen molar-refractivity contribution in [2.24, 2.45) is 0 Å². The van der Waals surface area contributed by atoms with E-state index in [1.807, 2.05) is 12.1 Å². The number of rotatable bonds is 3. The predicted molar refractivity (Wildman–Crippen MR) is 78.2 cm³/mol. The number of nitrogens with zero attached hydrogens (tertiary/aromatic N) is 1. The third-order valence-electron chi connectivity index (χ3n) is 3.98. The van der Waals surface area contributed by atoms with Crippen molar-refractivity contribution in [2.45, 2.75) is 25.4 Å². The van der Waals surface area contributed by atoms with Gasteiger partial charge in [0.15, 0.2) is 0 Å². The van der Waals surface area contributed by atoms with E-state index < -0.39 is 12.4 Å². The summed E-state index contributed by atoms with van der Waals surface area (Å²) in [4.78, 5) is 4.25. The average Bonchev–Trinajstić information content (AvgIpc) is 2.53. The maximum atomic E-state index is 12.8. The molecule has 0 bridgehead atoms. The predicted octanol–water partition coefficient (Wildman–Crippen LogP) is 3.58. The lowest BCUT2D eigenvalue weighted by molar-refractivity contribution is -0.422. The third kappa shape index (κ3) is 3.39. The third-order valence-corrected chi connectivity index (χ3v) is 3.98. The Morgan fingerprint density at radius 1 is 1.04 bits per heavy atom. The maximum absolute atomic E-state index is 12.8. The summed E-state index contributed by atoms with van der Waals surface area (Å²) in [5.41, 5.74) is 2.97. The van der Waals surface area contributed by atoms with Crippen molar-refractivity contribution in [3.63, 3.8) is 0 Å². The molecule has 0 amide bonds. The molecule has 0 radical (unpaired) electrons. The first-order valence-electron chi connectivity index (χ1n) is 7.28. The van der Waals surface area contributed by atoms with Gasteiger partial charge in [-0.15, -0.1) is 13.2 Å². The van der Waals surface area contributed by atoms with Gasteiger partial charge in [-0.25, -0.2) is 0 Å². The van der Waals surface area contributed by atoms with Crippen LogP contribution in [-0.2, 0) is 17.9 Å². The Bertz CT molecular complexity index is 688. The molecule has 1 N–H and O–H groups in total. The molecular formula is C17H16F3NO2. The van der Waals surface area contributed by atoms with E-state index in [9.17, 15) is 18.3 Å². The number of aliphatic hydroxyl groups is 1. The summed E-state index contributed by atoms with van der Waals surface area (Å²) < 4.78 is 38.3. The van der Waals surface area contributed by atoms with E-state index in [4.69, 9.17) is 0 Å². The van der Waals surface area contributed by atoms with Crippen molar-refractivity contribution in [1.82, 2.24) is 5.06 Å². The summed E-state index contributed by atoms with van der Waals surface area (Å²) in [6, 6.07) is 13.6. The molecule has 0 spiro atoms.